The van der Waals surface area contributed by atoms with E-state index in [2.05, 4.69) is 6.92 Å². The molecule has 1 heterocycles. The fraction of sp³-hybridized carbons (Fsp3) is 0.333. The maximum Gasteiger partial charge on any atom is 0.253 e. The number of benzene rings is 2. The maximum atomic E-state index is 12.9. The number of likely N-dealkylation sites (tertiary alicyclic amines) is 1. The molecule has 2 aromatic carbocycles. The summed E-state index contributed by atoms with van der Waals surface area (Å²) in [6.07, 6.45) is 5.70. The molecule has 0 bridgehead atoms. The highest BCUT2D eigenvalue weighted by Gasteiger charge is 2.28. The average Bonchev–Trinajstić information content (AvgIpc) is 2.78. The van der Waals surface area contributed by atoms with Crippen LogP contribution in [0.3, 0.4) is 0 Å². The molecule has 1 fully saturated rings. The summed E-state index contributed by atoms with van der Waals surface area (Å²) >= 11 is 12.3. The van der Waals surface area contributed by atoms with Gasteiger partial charge in [-0.25, -0.2) is 0 Å². The van der Waals surface area contributed by atoms with Gasteiger partial charge in [0.15, 0.2) is 0 Å². The molecule has 0 aliphatic carbocycles. The number of carbonyl (C=O) groups is 2. The van der Waals surface area contributed by atoms with Crippen molar-refractivity contribution in [2.45, 2.75) is 32.2 Å². The normalized spacial score (nSPS) is 14.8. The third-order valence-corrected chi connectivity index (χ3v) is 6.18. The SMILES string of the molecule is CCCN(C(=O)/C=C/c1cccc(Cl)c1Cl)C1CCN(C(=O)c2ccccc2)CC1. The molecular formula is C24H26Cl2N2O2. The predicted molar refractivity (Wildman–Crippen MR) is 123 cm³/mol. The second kappa shape index (κ2) is 10.6. The molecule has 0 unspecified atom stereocenters. The summed E-state index contributed by atoms with van der Waals surface area (Å²) in [7, 11) is 0. The zero-order valence-electron chi connectivity index (χ0n) is 17.1. The number of rotatable bonds is 6. The van der Waals surface area contributed by atoms with Crippen LogP contribution in [0.4, 0.5) is 0 Å². The summed E-state index contributed by atoms with van der Waals surface area (Å²) in [6, 6.07) is 14.8. The van der Waals surface area contributed by atoms with Crippen molar-refractivity contribution in [3.05, 3.63) is 75.8 Å². The first-order valence-electron chi connectivity index (χ1n) is 10.3. The Labute approximate surface area is 188 Å². The van der Waals surface area contributed by atoms with Gasteiger partial charge in [0.2, 0.25) is 5.91 Å². The van der Waals surface area contributed by atoms with Crippen molar-refractivity contribution < 1.29 is 9.59 Å². The summed E-state index contributed by atoms with van der Waals surface area (Å²) in [4.78, 5) is 29.4. The molecule has 2 amide bonds. The molecule has 158 valence electrons. The zero-order valence-corrected chi connectivity index (χ0v) is 18.6. The number of carbonyl (C=O) groups excluding carboxylic acids is 2. The fourth-order valence-corrected chi connectivity index (χ4v) is 4.13. The lowest BCUT2D eigenvalue weighted by Gasteiger charge is -2.38. The minimum atomic E-state index is -0.0410. The number of hydrogen-bond donors (Lipinski definition) is 0. The Morgan fingerprint density at radius 2 is 1.77 bits per heavy atom. The molecule has 0 radical (unpaired) electrons. The first kappa shape index (κ1) is 22.4. The van der Waals surface area contributed by atoms with Crippen LogP contribution in [0.25, 0.3) is 6.08 Å². The zero-order chi connectivity index (χ0) is 21.5. The third-order valence-electron chi connectivity index (χ3n) is 5.35. The molecule has 0 spiro atoms. The maximum absolute atomic E-state index is 12.9. The summed E-state index contributed by atoms with van der Waals surface area (Å²) in [5.74, 6) is 0.0126. The molecule has 3 rings (SSSR count). The topological polar surface area (TPSA) is 40.6 Å². The van der Waals surface area contributed by atoms with Crippen LogP contribution in [0.2, 0.25) is 10.0 Å². The van der Waals surface area contributed by atoms with Gasteiger partial charge in [0.25, 0.3) is 5.91 Å². The van der Waals surface area contributed by atoms with Gasteiger partial charge in [-0.2, -0.15) is 0 Å². The molecule has 0 saturated carbocycles. The summed E-state index contributed by atoms with van der Waals surface area (Å²) in [6.45, 7) is 4.04. The van der Waals surface area contributed by atoms with Gasteiger partial charge in [0, 0.05) is 37.3 Å². The van der Waals surface area contributed by atoms with Crippen LogP contribution in [0.5, 0.6) is 0 Å². The molecule has 30 heavy (non-hydrogen) atoms. The van der Waals surface area contributed by atoms with Gasteiger partial charge in [-0.1, -0.05) is 60.5 Å². The minimum Gasteiger partial charge on any atom is -0.338 e. The van der Waals surface area contributed by atoms with E-state index in [0.29, 0.717) is 35.2 Å². The van der Waals surface area contributed by atoms with Crippen molar-refractivity contribution in [2.75, 3.05) is 19.6 Å². The van der Waals surface area contributed by atoms with E-state index in [9.17, 15) is 9.59 Å². The summed E-state index contributed by atoms with van der Waals surface area (Å²) < 4.78 is 0. The Kier molecular flexibility index (Phi) is 7.94. The minimum absolute atomic E-state index is 0.0410. The highest BCUT2D eigenvalue weighted by atomic mass is 35.5. The first-order chi connectivity index (χ1) is 14.5. The van der Waals surface area contributed by atoms with E-state index in [4.69, 9.17) is 23.2 Å². The van der Waals surface area contributed by atoms with Gasteiger partial charge in [-0.05, 0) is 49.1 Å². The molecule has 1 aliphatic heterocycles. The number of amides is 2. The number of hydrogen-bond acceptors (Lipinski definition) is 2. The Bertz CT molecular complexity index is 907. The van der Waals surface area contributed by atoms with Crippen LogP contribution < -0.4 is 0 Å². The van der Waals surface area contributed by atoms with Crippen LogP contribution in [-0.2, 0) is 4.79 Å². The van der Waals surface area contributed by atoms with Crippen LogP contribution >= 0.6 is 23.2 Å². The average molecular weight is 445 g/mol. The van der Waals surface area contributed by atoms with Gasteiger partial charge in [-0.3, -0.25) is 9.59 Å². The van der Waals surface area contributed by atoms with Gasteiger partial charge >= 0.3 is 0 Å². The molecule has 1 aliphatic rings. The van der Waals surface area contributed by atoms with E-state index in [-0.39, 0.29) is 17.9 Å². The van der Waals surface area contributed by atoms with Gasteiger partial charge < -0.3 is 9.80 Å². The number of piperidine rings is 1. The summed E-state index contributed by atoms with van der Waals surface area (Å²) in [5.41, 5.74) is 1.43. The van der Waals surface area contributed by atoms with Gasteiger partial charge in [0.1, 0.15) is 0 Å². The van der Waals surface area contributed by atoms with Crippen molar-refractivity contribution in [2.24, 2.45) is 0 Å². The second-order valence-electron chi connectivity index (χ2n) is 7.40. The molecule has 0 aromatic heterocycles. The van der Waals surface area contributed by atoms with Gasteiger partial charge in [-0.15, -0.1) is 0 Å². The molecule has 0 atom stereocenters. The lowest BCUT2D eigenvalue weighted by molar-refractivity contribution is -0.129. The van der Waals surface area contributed by atoms with Crippen LogP contribution in [0, 0.1) is 0 Å². The van der Waals surface area contributed by atoms with Crippen molar-refractivity contribution in [3.63, 3.8) is 0 Å². The lowest BCUT2D eigenvalue weighted by Crippen LogP contribution is -2.48. The molecule has 2 aromatic rings. The first-order valence-corrected chi connectivity index (χ1v) is 11.0. The van der Waals surface area contributed by atoms with Crippen molar-refractivity contribution in [3.8, 4) is 0 Å². The predicted octanol–water partition coefficient (Wildman–Crippen LogP) is 5.55. The molecular weight excluding hydrogens is 419 g/mol. The molecule has 0 N–H and O–H groups in total. The second-order valence-corrected chi connectivity index (χ2v) is 8.18. The van der Waals surface area contributed by atoms with E-state index >= 15 is 0 Å². The van der Waals surface area contributed by atoms with E-state index in [1.54, 1.807) is 18.2 Å². The Morgan fingerprint density at radius 3 is 2.43 bits per heavy atom. The van der Waals surface area contributed by atoms with Crippen LogP contribution in [0.15, 0.2) is 54.6 Å². The van der Waals surface area contributed by atoms with E-state index in [0.717, 1.165) is 24.8 Å². The monoisotopic (exact) mass is 444 g/mol. The van der Waals surface area contributed by atoms with Crippen LogP contribution in [0.1, 0.15) is 42.1 Å². The van der Waals surface area contributed by atoms with E-state index in [1.165, 1.54) is 0 Å². The van der Waals surface area contributed by atoms with Crippen LogP contribution in [-0.4, -0.2) is 47.3 Å². The highest BCUT2D eigenvalue weighted by molar-refractivity contribution is 6.42. The fourth-order valence-electron chi connectivity index (χ4n) is 3.76. The Hall–Kier alpha value is -2.30. The Morgan fingerprint density at radius 1 is 1.07 bits per heavy atom. The number of nitrogens with zero attached hydrogens (tertiary/aromatic N) is 2. The molecule has 6 heteroatoms. The Balaban J connectivity index is 1.64. The standard InChI is InChI=1S/C24H26Cl2N2O2/c1-2-15-28(22(29)12-11-18-9-6-10-21(25)23(18)26)20-13-16-27(17-14-20)24(30)19-7-4-3-5-8-19/h3-12,20H,2,13-17H2,1H3/b12-11+. The number of halogens is 2. The largest absolute Gasteiger partial charge is 0.338 e. The quantitative estimate of drug-likeness (QED) is 0.547. The van der Waals surface area contributed by atoms with E-state index in [1.807, 2.05) is 52.3 Å². The third kappa shape index (κ3) is 5.44. The summed E-state index contributed by atoms with van der Waals surface area (Å²) in [5, 5.41) is 0.908. The smallest absolute Gasteiger partial charge is 0.253 e. The van der Waals surface area contributed by atoms with Crippen molar-refractivity contribution >= 4 is 41.1 Å². The van der Waals surface area contributed by atoms with E-state index < -0.39 is 0 Å². The molecule has 4 nitrogen and oxygen atoms in total. The lowest BCUT2D eigenvalue weighted by atomic mass is 10.0. The van der Waals surface area contributed by atoms with Crippen molar-refractivity contribution in [1.29, 1.82) is 0 Å². The molecule has 1 saturated heterocycles. The highest BCUT2D eigenvalue weighted by Crippen LogP contribution is 2.26. The van der Waals surface area contributed by atoms with Gasteiger partial charge in [0.05, 0.1) is 10.0 Å². The van der Waals surface area contributed by atoms with Crippen molar-refractivity contribution in [1.82, 2.24) is 9.80 Å².